The Balaban J connectivity index is 1.60. The summed E-state index contributed by atoms with van der Waals surface area (Å²) in [6, 6.07) is 8.19. The summed E-state index contributed by atoms with van der Waals surface area (Å²) in [4.78, 5) is 16.8. The zero-order valence-electron chi connectivity index (χ0n) is 13.1. The van der Waals surface area contributed by atoms with Gasteiger partial charge >= 0.3 is 0 Å². The molecule has 3 atom stereocenters. The highest BCUT2D eigenvalue weighted by Crippen LogP contribution is 2.26. The number of benzene rings is 1. The molecule has 3 unspecified atom stereocenters. The molecule has 4 nitrogen and oxygen atoms in total. The molecule has 1 saturated carbocycles. The molecule has 1 amide bonds. The first-order chi connectivity index (χ1) is 10.6. The van der Waals surface area contributed by atoms with E-state index in [1.54, 1.807) is 0 Å². The van der Waals surface area contributed by atoms with Crippen molar-refractivity contribution in [2.45, 2.75) is 51.6 Å². The summed E-state index contributed by atoms with van der Waals surface area (Å²) in [5, 5.41) is 7.11. The van der Waals surface area contributed by atoms with Crippen molar-refractivity contribution in [2.24, 2.45) is 5.92 Å². The number of para-hydroxylation sites is 1. The molecule has 1 fully saturated rings. The first kappa shape index (κ1) is 15.4. The van der Waals surface area contributed by atoms with Gasteiger partial charge in [-0.25, -0.2) is 4.98 Å². The lowest BCUT2D eigenvalue weighted by Crippen LogP contribution is -2.47. The van der Waals surface area contributed by atoms with Gasteiger partial charge in [0, 0.05) is 6.04 Å². The second kappa shape index (κ2) is 6.75. The van der Waals surface area contributed by atoms with E-state index in [1.807, 2.05) is 31.2 Å². The summed E-state index contributed by atoms with van der Waals surface area (Å²) in [5.41, 5.74) is 0.935. The summed E-state index contributed by atoms with van der Waals surface area (Å²) >= 11 is 1.52. The molecule has 1 aliphatic rings. The molecule has 5 heteroatoms. The van der Waals surface area contributed by atoms with E-state index in [-0.39, 0.29) is 11.9 Å². The Hall–Kier alpha value is -1.46. The number of rotatable bonds is 4. The molecule has 0 saturated heterocycles. The lowest BCUT2D eigenvalue weighted by molar-refractivity contribution is -0.118. The van der Waals surface area contributed by atoms with Crippen molar-refractivity contribution in [2.75, 3.05) is 5.32 Å². The fourth-order valence-electron chi connectivity index (χ4n) is 3.10. The van der Waals surface area contributed by atoms with Gasteiger partial charge in [-0.2, -0.15) is 0 Å². The van der Waals surface area contributed by atoms with Crippen molar-refractivity contribution in [3.05, 3.63) is 24.3 Å². The SMILES string of the molecule is CC(NC1CCCCC1C)C(=O)Nc1nc2ccccc2s1. The van der Waals surface area contributed by atoms with Crippen LogP contribution in [0, 0.1) is 5.92 Å². The number of thiazole rings is 1. The van der Waals surface area contributed by atoms with E-state index >= 15 is 0 Å². The molecule has 2 aromatic rings. The summed E-state index contributed by atoms with van der Waals surface area (Å²) in [5.74, 6) is 0.642. The minimum atomic E-state index is -0.197. The number of nitrogens with zero attached hydrogens (tertiary/aromatic N) is 1. The minimum Gasteiger partial charge on any atom is -0.303 e. The van der Waals surface area contributed by atoms with Crippen LogP contribution in [0.25, 0.3) is 10.2 Å². The largest absolute Gasteiger partial charge is 0.303 e. The quantitative estimate of drug-likeness (QED) is 0.902. The molecule has 1 aliphatic carbocycles. The average Bonchev–Trinajstić information content (AvgIpc) is 2.91. The minimum absolute atomic E-state index is 0.00294. The Labute approximate surface area is 135 Å². The van der Waals surface area contributed by atoms with E-state index in [9.17, 15) is 4.79 Å². The van der Waals surface area contributed by atoms with Crippen LogP contribution in [-0.2, 0) is 4.79 Å². The molecule has 3 rings (SSSR count). The number of aromatic nitrogens is 1. The predicted molar refractivity (Wildman–Crippen MR) is 92.3 cm³/mol. The van der Waals surface area contributed by atoms with Gasteiger partial charge in [0.05, 0.1) is 16.3 Å². The number of hydrogen-bond donors (Lipinski definition) is 2. The van der Waals surface area contributed by atoms with E-state index < -0.39 is 0 Å². The van der Waals surface area contributed by atoms with Gasteiger partial charge in [0.1, 0.15) is 0 Å². The second-order valence-electron chi connectivity index (χ2n) is 6.23. The van der Waals surface area contributed by atoms with Gasteiger partial charge < -0.3 is 10.6 Å². The van der Waals surface area contributed by atoms with E-state index in [0.29, 0.717) is 17.1 Å². The highest BCUT2D eigenvalue weighted by molar-refractivity contribution is 7.22. The summed E-state index contributed by atoms with van der Waals surface area (Å²) in [7, 11) is 0. The van der Waals surface area contributed by atoms with Crippen LogP contribution in [0.3, 0.4) is 0 Å². The molecule has 1 heterocycles. The Morgan fingerprint density at radius 1 is 1.32 bits per heavy atom. The van der Waals surface area contributed by atoms with Crippen LogP contribution >= 0.6 is 11.3 Å². The molecular weight excluding hydrogens is 294 g/mol. The van der Waals surface area contributed by atoms with Crippen molar-refractivity contribution in [3.8, 4) is 0 Å². The Morgan fingerprint density at radius 2 is 2.09 bits per heavy atom. The maximum absolute atomic E-state index is 12.4. The van der Waals surface area contributed by atoms with Gasteiger partial charge in [0.2, 0.25) is 5.91 Å². The number of hydrogen-bond acceptors (Lipinski definition) is 4. The summed E-state index contributed by atoms with van der Waals surface area (Å²) in [6.07, 6.45) is 4.99. The van der Waals surface area contributed by atoms with Crippen molar-refractivity contribution in [1.29, 1.82) is 0 Å². The molecule has 2 N–H and O–H groups in total. The van der Waals surface area contributed by atoms with Crippen LogP contribution in [0.5, 0.6) is 0 Å². The third-order valence-corrected chi connectivity index (χ3v) is 5.44. The molecule has 22 heavy (non-hydrogen) atoms. The highest BCUT2D eigenvalue weighted by Gasteiger charge is 2.25. The van der Waals surface area contributed by atoms with Crippen molar-refractivity contribution >= 4 is 32.6 Å². The fraction of sp³-hybridized carbons (Fsp3) is 0.529. The average molecular weight is 317 g/mol. The van der Waals surface area contributed by atoms with Gasteiger partial charge in [-0.15, -0.1) is 0 Å². The fourth-order valence-corrected chi connectivity index (χ4v) is 3.97. The van der Waals surface area contributed by atoms with Crippen LogP contribution in [-0.4, -0.2) is 23.0 Å². The third kappa shape index (κ3) is 3.47. The van der Waals surface area contributed by atoms with Gasteiger partial charge in [-0.05, 0) is 37.8 Å². The molecule has 0 spiro atoms. The zero-order valence-corrected chi connectivity index (χ0v) is 14.0. The van der Waals surface area contributed by atoms with Gasteiger partial charge in [-0.1, -0.05) is 43.2 Å². The first-order valence-corrected chi connectivity index (χ1v) is 8.87. The predicted octanol–water partition coefficient (Wildman–Crippen LogP) is 3.79. The van der Waals surface area contributed by atoms with E-state index in [0.717, 1.165) is 10.2 Å². The van der Waals surface area contributed by atoms with Crippen molar-refractivity contribution in [3.63, 3.8) is 0 Å². The van der Waals surface area contributed by atoms with Crippen molar-refractivity contribution < 1.29 is 4.79 Å². The van der Waals surface area contributed by atoms with E-state index in [2.05, 4.69) is 22.5 Å². The maximum atomic E-state index is 12.4. The van der Waals surface area contributed by atoms with Gasteiger partial charge in [-0.3, -0.25) is 4.79 Å². The van der Waals surface area contributed by atoms with Crippen molar-refractivity contribution in [1.82, 2.24) is 10.3 Å². The molecule has 118 valence electrons. The smallest absolute Gasteiger partial charge is 0.243 e. The lowest BCUT2D eigenvalue weighted by atomic mass is 9.85. The number of nitrogens with one attached hydrogen (secondary N) is 2. The highest BCUT2D eigenvalue weighted by atomic mass is 32.1. The van der Waals surface area contributed by atoms with Crippen LogP contribution in [0.15, 0.2) is 24.3 Å². The molecule has 1 aromatic heterocycles. The number of carbonyl (C=O) groups excluding carboxylic acids is 1. The summed E-state index contributed by atoms with van der Waals surface area (Å²) in [6.45, 7) is 4.21. The Bertz CT molecular complexity index is 621. The molecule has 0 aliphatic heterocycles. The Kier molecular flexibility index (Phi) is 4.74. The normalized spacial score (nSPS) is 23.4. The van der Waals surface area contributed by atoms with E-state index in [1.165, 1.54) is 37.0 Å². The second-order valence-corrected chi connectivity index (χ2v) is 7.26. The molecular formula is C17H23N3OS. The van der Waals surface area contributed by atoms with E-state index in [4.69, 9.17) is 0 Å². The topological polar surface area (TPSA) is 54.0 Å². The molecule has 0 bridgehead atoms. The van der Waals surface area contributed by atoms with Gasteiger partial charge in [0.15, 0.2) is 5.13 Å². The van der Waals surface area contributed by atoms with Gasteiger partial charge in [0.25, 0.3) is 0 Å². The third-order valence-electron chi connectivity index (χ3n) is 4.49. The molecule has 0 radical (unpaired) electrons. The van der Waals surface area contributed by atoms with Crippen LogP contribution in [0.4, 0.5) is 5.13 Å². The number of fused-ring (bicyclic) bond motifs is 1. The monoisotopic (exact) mass is 317 g/mol. The summed E-state index contributed by atoms with van der Waals surface area (Å²) < 4.78 is 1.10. The number of carbonyl (C=O) groups is 1. The van der Waals surface area contributed by atoms with Crippen LogP contribution in [0.1, 0.15) is 39.5 Å². The first-order valence-electron chi connectivity index (χ1n) is 8.06. The van der Waals surface area contributed by atoms with Crippen LogP contribution in [0.2, 0.25) is 0 Å². The number of amides is 1. The lowest BCUT2D eigenvalue weighted by Gasteiger charge is -2.31. The number of anilines is 1. The van der Waals surface area contributed by atoms with Crippen LogP contribution < -0.4 is 10.6 Å². The molecule has 1 aromatic carbocycles. The standard InChI is InChI=1S/C17H23N3OS/c1-11-7-3-4-8-13(11)18-12(2)16(21)20-17-19-14-9-5-6-10-15(14)22-17/h5-6,9-13,18H,3-4,7-8H2,1-2H3,(H,19,20,21). The maximum Gasteiger partial charge on any atom is 0.243 e. The zero-order chi connectivity index (χ0) is 15.5. The Morgan fingerprint density at radius 3 is 2.86 bits per heavy atom.